The standard InChI is InChI=1S/C24H35N7O4/c1-5-35-24(33)31-21-16-25-15-18(21)22(27-31)26-23(32)17-6-7-19(30-10-8-28(2)9-11-30)20(14-17)29(3)12-13-34-4/h6-7,14,25H,5,8-13,15-16H2,1-4H3,(H,26,27,32). The number of likely N-dealkylation sites (N-methyl/N-ethyl adjacent to an activating group) is 2. The van der Waals surface area contributed by atoms with E-state index in [1.807, 2.05) is 25.2 Å². The second-order valence-electron chi connectivity index (χ2n) is 8.85. The van der Waals surface area contributed by atoms with Crippen LogP contribution in [0.2, 0.25) is 0 Å². The van der Waals surface area contributed by atoms with E-state index in [0.717, 1.165) is 43.1 Å². The number of methoxy groups -OCH3 is 1. The number of carbonyl (C=O) groups excluding carboxylic acids is 2. The number of nitrogens with one attached hydrogen (secondary N) is 2. The lowest BCUT2D eigenvalue weighted by Gasteiger charge is -2.36. The number of hydrogen-bond acceptors (Lipinski definition) is 9. The van der Waals surface area contributed by atoms with E-state index in [9.17, 15) is 9.59 Å². The predicted molar refractivity (Wildman–Crippen MR) is 134 cm³/mol. The van der Waals surface area contributed by atoms with Crippen LogP contribution >= 0.6 is 0 Å². The van der Waals surface area contributed by atoms with Gasteiger partial charge in [-0.3, -0.25) is 4.79 Å². The van der Waals surface area contributed by atoms with Crippen molar-refractivity contribution in [2.75, 3.05) is 82.3 Å². The molecule has 0 unspecified atom stereocenters. The largest absolute Gasteiger partial charge is 0.448 e. The minimum Gasteiger partial charge on any atom is -0.448 e. The molecule has 2 aromatic rings. The van der Waals surface area contributed by atoms with Crippen LogP contribution < -0.4 is 20.4 Å². The summed E-state index contributed by atoms with van der Waals surface area (Å²) in [4.78, 5) is 32.4. The molecule has 1 amide bonds. The Balaban J connectivity index is 1.59. The third-order valence-corrected chi connectivity index (χ3v) is 6.48. The molecule has 2 aliphatic rings. The first-order valence-corrected chi connectivity index (χ1v) is 12.0. The molecule has 0 radical (unpaired) electrons. The molecule has 0 spiro atoms. The molecule has 0 atom stereocenters. The SMILES string of the molecule is CCOC(=O)n1nc(NC(=O)c2ccc(N3CCN(C)CC3)c(N(C)CCOC)c2)c2c1CNC2. The van der Waals surface area contributed by atoms with Crippen molar-refractivity contribution >= 4 is 29.2 Å². The van der Waals surface area contributed by atoms with Crippen LogP contribution in [0.25, 0.3) is 0 Å². The highest BCUT2D eigenvalue weighted by molar-refractivity contribution is 6.05. The smallest absolute Gasteiger partial charge is 0.435 e. The maximum absolute atomic E-state index is 13.3. The van der Waals surface area contributed by atoms with Gasteiger partial charge in [-0.25, -0.2) is 4.79 Å². The van der Waals surface area contributed by atoms with Crippen LogP contribution in [0.1, 0.15) is 28.5 Å². The second kappa shape index (κ2) is 11.1. The Morgan fingerprint density at radius 2 is 1.97 bits per heavy atom. The average molecular weight is 486 g/mol. The molecule has 11 nitrogen and oxygen atoms in total. The summed E-state index contributed by atoms with van der Waals surface area (Å²) in [7, 11) is 5.82. The first-order chi connectivity index (χ1) is 16.9. The van der Waals surface area contributed by atoms with Gasteiger partial charge >= 0.3 is 6.09 Å². The number of rotatable bonds is 8. The topological polar surface area (TPSA) is 104 Å². The summed E-state index contributed by atoms with van der Waals surface area (Å²) in [5, 5.41) is 10.5. The molecule has 2 N–H and O–H groups in total. The Bertz CT molecular complexity index is 1060. The number of hydrogen-bond donors (Lipinski definition) is 2. The number of fused-ring (bicyclic) bond motifs is 1. The van der Waals surface area contributed by atoms with E-state index >= 15 is 0 Å². The Morgan fingerprint density at radius 1 is 1.20 bits per heavy atom. The summed E-state index contributed by atoms with van der Waals surface area (Å²) < 4.78 is 11.6. The number of nitrogens with zero attached hydrogens (tertiary/aromatic N) is 5. The summed E-state index contributed by atoms with van der Waals surface area (Å²) in [5.41, 5.74) is 4.11. The summed E-state index contributed by atoms with van der Waals surface area (Å²) in [5.74, 6) is 0.0972. The van der Waals surface area contributed by atoms with Crippen molar-refractivity contribution in [2.24, 2.45) is 0 Å². The second-order valence-corrected chi connectivity index (χ2v) is 8.85. The molecule has 4 rings (SSSR count). The van der Waals surface area contributed by atoms with Gasteiger partial charge < -0.3 is 34.8 Å². The van der Waals surface area contributed by atoms with Gasteiger partial charge in [-0.2, -0.15) is 4.68 Å². The minimum atomic E-state index is -0.550. The summed E-state index contributed by atoms with van der Waals surface area (Å²) in [6.07, 6.45) is -0.550. The highest BCUT2D eigenvalue weighted by Crippen LogP contribution is 2.32. The highest BCUT2D eigenvalue weighted by Gasteiger charge is 2.27. The van der Waals surface area contributed by atoms with Crippen molar-refractivity contribution < 1.29 is 19.1 Å². The lowest BCUT2D eigenvalue weighted by atomic mass is 10.1. The third-order valence-electron chi connectivity index (χ3n) is 6.48. The first kappa shape index (κ1) is 25.0. The number of aromatic nitrogens is 2. The van der Waals surface area contributed by atoms with Gasteiger partial charge in [0.05, 0.1) is 30.3 Å². The van der Waals surface area contributed by atoms with Gasteiger partial charge in [-0.05, 0) is 32.2 Å². The maximum Gasteiger partial charge on any atom is 0.435 e. The van der Waals surface area contributed by atoms with E-state index in [1.165, 1.54) is 4.68 Å². The van der Waals surface area contributed by atoms with Gasteiger partial charge in [0.15, 0.2) is 5.82 Å². The fourth-order valence-corrected chi connectivity index (χ4v) is 4.41. The van der Waals surface area contributed by atoms with E-state index in [1.54, 1.807) is 14.0 Å². The first-order valence-electron chi connectivity index (χ1n) is 12.0. The Labute approximate surface area is 205 Å². The monoisotopic (exact) mass is 485 g/mol. The summed E-state index contributed by atoms with van der Waals surface area (Å²) >= 11 is 0. The zero-order valence-corrected chi connectivity index (χ0v) is 21.0. The van der Waals surface area contributed by atoms with E-state index in [2.05, 4.69) is 37.5 Å². The molecule has 3 heterocycles. The number of amides is 1. The van der Waals surface area contributed by atoms with Crippen LogP contribution in [0.3, 0.4) is 0 Å². The van der Waals surface area contributed by atoms with Crippen molar-refractivity contribution in [1.29, 1.82) is 0 Å². The number of carbonyl (C=O) groups is 2. The molecule has 190 valence electrons. The lowest BCUT2D eigenvalue weighted by Crippen LogP contribution is -2.45. The number of ether oxygens (including phenoxy) is 2. The van der Waals surface area contributed by atoms with Gasteiger partial charge in [0.25, 0.3) is 5.91 Å². The molecule has 11 heteroatoms. The molecule has 1 aromatic carbocycles. The maximum atomic E-state index is 13.3. The normalized spacial score (nSPS) is 15.7. The molecular weight excluding hydrogens is 450 g/mol. The zero-order valence-electron chi connectivity index (χ0n) is 21.0. The van der Waals surface area contributed by atoms with Gasteiger partial charge in [0.2, 0.25) is 0 Å². The molecule has 1 fully saturated rings. The highest BCUT2D eigenvalue weighted by atomic mass is 16.6. The molecule has 2 aliphatic heterocycles. The van der Waals surface area contributed by atoms with E-state index in [4.69, 9.17) is 9.47 Å². The van der Waals surface area contributed by atoms with Gasteiger partial charge in [-0.1, -0.05) is 0 Å². The molecule has 0 saturated carbocycles. The average Bonchev–Trinajstić information content (AvgIpc) is 3.47. The van der Waals surface area contributed by atoms with Gasteiger partial charge in [0, 0.05) is 71.1 Å². The van der Waals surface area contributed by atoms with Gasteiger partial charge in [-0.15, -0.1) is 5.10 Å². The van der Waals surface area contributed by atoms with Crippen molar-refractivity contribution in [3.63, 3.8) is 0 Å². The van der Waals surface area contributed by atoms with Crippen LogP contribution in [0.4, 0.5) is 22.0 Å². The van der Waals surface area contributed by atoms with Crippen LogP contribution in [-0.2, 0) is 22.6 Å². The molecule has 0 bridgehead atoms. The quantitative estimate of drug-likeness (QED) is 0.577. The van der Waals surface area contributed by atoms with Crippen LogP contribution in [0.5, 0.6) is 0 Å². The minimum absolute atomic E-state index is 0.252. The van der Waals surface area contributed by atoms with Crippen LogP contribution in [0.15, 0.2) is 18.2 Å². The van der Waals surface area contributed by atoms with Crippen molar-refractivity contribution in [3.8, 4) is 0 Å². The molecule has 0 aliphatic carbocycles. The molecule has 35 heavy (non-hydrogen) atoms. The lowest BCUT2D eigenvalue weighted by molar-refractivity contribution is 0.102. The molecule has 1 saturated heterocycles. The van der Waals surface area contributed by atoms with E-state index < -0.39 is 6.09 Å². The number of piperazine rings is 1. The number of benzene rings is 1. The van der Waals surface area contributed by atoms with Crippen molar-refractivity contribution in [1.82, 2.24) is 20.0 Å². The van der Waals surface area contributed by atoms with Gasteiger partial charge in [0.1, 0.15) is 0 Å². The molecular formula is C24H35N7O4. The molecule has 1 aromatic heterocycles. The van der Waals surface area contributed by atoms with Crippen LogP contribution in [0, 0.1) is 0 Å². The fourth-order valence-electron chi connectivity index (χ4n) is 4.41. The predicted octanol–water partition coefficient (Wildman–Crippen LogP) is 1.58. The van der Waals surface area contributed by atoms with Crippen molar-refractivity contribution in [3.05, 3.63) is 35.0 Å². The van der Waals surface area contributed by atoms with Crippen molar-refractivity contribution in [2.45, 2.75) is 20.0 Å². The Hall–Kier alpha value is -3.15. The zero-order chi connectivity index (χ0) is 24.9. The van der Waals surface area contributed by atoms with Crippen LogP contribution in [-0.4, -0.2) is 93.8 Å². The Morgan fingerprint density at radius 3 is 2.69 bits per heavy atom. The number of anilines is 3. The third kappa shape index (κ3) is 5.42. The summed E-state index contributed by atoms with van der Waals surface area (Å²) in [6.45, 7) is 8.14. The Kier molecular flexibility index (Phi) is 7.89. The fraction of sp³-hybridized carbons (Fsp3) is 0.542. The van der Waals surface area contributed by atoms with E-state index in [-0.39, 0.29) is 12.5 Å². The summed E-state index contributed by atoms with van der Waals surface area (Å²) in [6, 6.07) is 5.78. The van der Waals surface area contributed by atoms with E-state index in [0.29, 0.717) is 43.3 Å².